The minimum absolute atomic E-state index is 0.0943. The van der Waals surface area contributed by atoms with E-state index in [-0.39, 0.29) is 12.0 Å². The Bertz CT molecular complexity index is 821. The van der Waals surface area contributed by atoms with E-state index in [0.29, 0.717) is 4.88 Å². The van der Waals surface area contributed by atoms with E-state index < -0.39 is 0 Å². The molecule has 0 saturated carbocycles. The molecule has 30 heavy (non-hydrogen) atoms. The molecule has 1 heterocycles. The van der Waals surface area contributed by atoms with E-state index in [0.717, 1.165) is 28.3 Å². The second-order valence-electron chi connectivity index (χ2n) is 5.80. The number of rotatable bonds is 7. The molecule has 0 radical (unpaired) electrons. The summed E-state index contributed by atoms with van der Waals surface area (Å²) in [7, 11) is 1.37. The lowest BCUT2D eigenvalue weighted by molar-refractivity contribution is 0.0606. The Labute approximate surface area is 186 Å². The highest BCUT2D eigenvalue weighted by Gasteiger charge is 2.16. The van der Waals surface area contributed by atoms with Crippen molar-refractivity contribution < 1.29 is 9.53 Å². The third kappa shape index (κ3) is 8.87. The number of nitrogens with zero attached hydrogens (tertiary/aromatic N) is 2. The number of ether oxygens (including phenoxy) is 1. The van der Waals surface area contributed by atoms with Crippen LogP contribution in [0.15, 0.2) is 65.3 Å². The van der Waals surface area contributed by atoms with Gasteiger partial charge in [-0.3, -0.25) is 4.99 Å². The molecule has 0 spiro atoms. The number of thiazole rings is 1. The number of hydrogen-bond donors (Lipinski definition) is 0. The Balaban J connectivity index is 0.00000198. The third-order valence-corrected chi connectivity index (χ3v) is 4.89. The first kappa shape index (κ1) is 27.5. The predicted octanol–water partition coefficient (Wildman–Crippen LogP) is 7.44. The summed E-state index contributed by atoms with van der Waals surface area (Å²) in [6.45, 7) is 14.1. The summed E-state index contributed by atoms with van der Waals surface area (Å²) < 4.78 is 4.75. The maximum absolute atomic E-state index is 11.6. The Morgan fingerprint density at radius 1 is 1.17 bits per heavy atom. The number of esters is 1. The molecule has 164 valence electrons. The molecule has 0 bridgehead atoms. The van der Waals surface area contributed by atoms with Crippen molar-refractivity contribution in [2.75, 3.05) is 7.11 Å². The van der Waals surface area contributed by atoms with Crippen LogP contribution in [0.4, 0.5) is 0 Å². The van der Waals surface area contributed by atoms with E-state index >= 15 is 0 Å². The molecule has 1 aromatic carbocycles. The number of carbonyl (C=O) groups is 1. The largest absolute Gasteiger partial charge is 0.465 e. The van der Waals surface area contributed by atoms with Crippen LogP contribution in [0.1, 0.15) is 81.2 Å². The Morgan fingerprint density at radius 2 is 1.80 bits per heavy atom. The quantitative estimate of drug-likeness (QED) is 0.261. The number of methoxy groups -OCH3 is 1. The number of allylic oxidation sites excluding steroid dienone is 3. The lowest BCUT2D eigenvalue weighted by Crippen LogP contribution is -2.03. The highest BCUT2D eigenvalue weighted by Crippen LogP contribution is 2.27. The van der Waals surface area contributed by atoms with Gasteiger partial charge < -0.3 is 4.74 Å². The molecule has 5 heteroatoms. The highest BCUT2D eigenvalue weighted by molar-refractivity contribution is 7.15. The van der Waals surface area contributed by atoms with Gasteiger partial charge in [-0.15, -0.1) is 11.3 Å². The zero-order valence-electron chi connectivity index (χ0n) is 19.6. The fourth-order valence-electron chi connectivity index (χ4n) is 2.41. The number of carbonyl (C=O) groups excluding carboxylic acids is 1. The van der Waals surface area contributed by atoms with Crippen LogP contribution in [0.25, 0.3) is 0 Å². The summed E-state index contributed by atoms with van der Waals surface area (Å²) in [4.78, 5) is 21.3. The average molecular weight is 429 g/mol. The maximum Gasteiger partial charge on any atom is 0.349 e. The van der Waals surface area contributed by atoms with Crippen molar-refractivity contribution in [2.24, 2.45) is 4.99 Å². The summed E-state index contributed by atoms with van der Waals surface area (Å²) >= 11 is 1.29. The van der Waals surface area contributed by atoms with E-state index in [1.165, 1.54) is 24.6 Å². The fourth-order valence-corrected chi connectivity index (χ4v) is 3.19. The van der Waals surface area contributed by atoms with E-state index in [9.17, 15) is 4.79 Å². The molecule has 1 unspecified atom stereocenters. The summed E-state index contributed by atoms with van der Waals surface area (Å²) in [6.07, 6.45) is 8.81. The van der Waals surface area contributed by atoms with Gasteiger partial charge in [0.2, 0.25) is 0 Å². The molecule has 0 saturated heterocycles. The molecule has 0 aliphatic rings. The molecular formula is C25H36N2O2S. The summed E-state index contributed by atoms with van der Waals surface area (Å²) in [5, 5.41) is 0.725. The Kier molecular flexibility index (Phi) is 14.9. The standard InChI is InChI=1S/C21H24N2O2S.2C2H6/c1-5-6-8-11-15(2)19(17-12-9-7-10-13-17)23-16(3)20-22-14-18(26-20)21(24)25-4;2*1-2/h6-14,19H,5H2,1-4H3;2*1-2H3/b8-6-,15-11+,23-16?;;. The molecule has 0 amide bonds. The van der Waals surface area contributed by atoms with Gasteiger partial charge >= 0.3 is 5.97 Å². The van der Waals surface area contributed by atoms with E-state index in [1.54, 1.807) is 0 Å². The fraction of sp³-hybridized carbons (Fsp3) is 0.400. The summed E-state index contributed by atoms with van der Waals surface area (Å²) in [6, 6.07) is 10.1. The Morgan fingerprint density at radius 3 is 2.37 bits per heavy atom. The zero-order valence-corrected chi connectivity index (χ0v) is 20.4. The minimum Gasteiger partial charge on any atom is -0.465 e. The normalized spacial score (nSPS) is 12.4. The number of hydrogen-bond acceptors (Lipinski definition) is 5. The molecule has 1 aromatic heterocycles. The van der Waals surface area contributed by atoms with Gasteiger partial charge in [-0.1, -0.05) is 83.2 Å². The van der Waals surface area contributed by atoms with Crippen molar-refractivity contribution in [3.8, 4) is 0 Å². The summed E-state index contributed by atoms with van der Waals surface area (Å²) in [5.74, 6) is -0.373. The lowest BCUT2D eigenvalue weighted by Gasteiger charge is -2.15. The van der Waals surface area contributed by atoms with Crippen molar-refractivity contribution in [2.45, 2.75) is 60.9 Å². The van der Waals surface area contributed by atoms with Crippen LogP contribution < -0.4 is 0 Å². The van der Waals surface area contributed by atoms with Gasteiger partial charge in [0.05, 0.1) is 25.1 Å². The topological polar surface area (TPSA) is 51.5 Å². The van der Waals surface area contributed by atoms with Crippen LogP contribution in [-0.2, 0) is 4.74 Å². The molecule has 2 rings (SSSR count). The predicted molar refractivity (Wildman–Crippen MR) is 131 cm³/mol. The molecular weight excluding hydrogens is 392 g/mol. The Hall–Kier alpha value is -2.53. The molecule has 0 aliphatic heterocycles. The SMILES string of the molecule is CC.CC.CC/C=C\C=C(/C)C(N=C(C)c1ncc(C(=O)OC)s1)c1ccccc1. The minimum atomic E-state index is -0.373. The first-order chi connectivity index (χ1) is 14.6. The average Bonchev–Trinajstić information content (AvgIpc) is 3.30. The smallest absolute Gasteiger partial charge is 0.349 e. The second kappa shape index (κ2) is 16.3. The van der Waals surface area contributed by atoms with E-state index in [2.05, 4.69) is 49.2 Å². The van der Waals surface area contributed by atoms with Gasteiger partial charge in [0.25, 0.3) is 0 Å². The van der Waals surface area contributed by atoms with Crippen LogP contribution in [0.5, 0.6) is 0 Å². The van der Waals surface area contributed by atoms with Gasteiger partial charge in [-0.05, 0) is 31.4 Å². The van der Waals surface area contributed by atoms with Crippen LogP contribution >= 0.6 is 11.3 Å². The second-order valence-corrected chi connectivity index (χ2v) is 6.83. The van der Waals surface area contributed by atoms with Crippen molar-refractivity contribution in [3.63, 3.8) is 0 Å². The van der Waals surface area contributed by atoms with Crippen LogP contribution in [0.2, 0.25) is 0 Å². The zero-order chi connectivity index (χ0) is 22.9. The molecule has 0 fully saturated rings. The summed E-state index contributed by atoms with van der Waals surface area (Å²) in [5.41, 5.74) is 3.06. The van der Waals surface area contributed by atoms with E-state index in [1.807, 2.05) is 52.8 Å². The van der Waals surface area contributed by atoms with Crippen molar-refractivity contribution in [1.82, 2.24) is 4.98 Å². The van der Waals surface area contributed by atoms with E-state index in [4.69, 9.17) is 9.73 Å². The number of benzene rings is 1. The molecule has 1 atom stereocenters. The highest BCUT2D eigenvalue weighted by atomic mass is 32.1. The number of aliphatic imine (C=N–C) groups is 1. The monoisotopic (exact) mass is 428 g/mol. The van der Waals surface area contributed by atoms with Crippen molar-refractivity contribution in [1.29, 1.82) is 0 Å². The molecule has 0 N–H and O–H groups in total. The van der Waals surface area contributed by atoms with Gasteiger partial charge in [-0.2, -0.15) is 0 Å². The van der Waals surface area contributed by atoms with Crippen LogP contribution in [0, 0.1) is 0 Å². The molecule has 2 aromatic rings. The van der Waals surface area contributed by atoms with Crippen molar-refractivity contribution in [3.05, 3.63) is 75.8 Å². The van der Waals surface area contributed by atoms with Gasteiger partial charge in [-0.25, -0.2) is 9.78 Å². The van der Waals surface area contributed by atoms with Gasteiger partial charge in [0.15, 0.2) is 0 Å². The first-order valence-electron chi connectivity index (χ1n) is 10.5. The van der Waals surface area contributed by atoms with Gasteiger partial charge in [0.1, 0.15) is 9.88 Å². The van der Waals surface area contributed by atoms with Crippen molar-refractivity contribution >= 4 is 23.0 Å². The first-order valence-corrected chi connectivity index (χ1v) is 11.4. The maximum atomic E-state index is 11.6. The third-order valence-electron chi connectivity index (χ3n) is 3.80. The van der Waals surface area contributed by atoms with Gasteiger partial charge in [0, 0.05) is 0 Å². The molecule has 0 aliphatic carbocycles. The lowest BCUT2D eigenvalue weighted by atomic mass is 9.99. The number of aromatic nitrogens is 1. The van der Waals surface area contributed by atoms with Crippen LogP contribution in [-0.4, -0.2) is 23.8 Å². The molecule has 4 nitrogen and oxygen atoms in total. The van der Waals surface area contributed by atoms with Crippen LogP contribution in [0.3, 0.4) is 0 Å².